The number of methoxy groups -OCH3 is 1. The zero-order valence-electron chi connectivity index (χ0n) is 11.3. The molecule has 0 aromatic heterocycles. The van der Waals surface area contributed by atoms with E-state index in [4.69, 9.17) is 15.2 Å². The van der Waals surface area contributed by atoms with Gasteiger partial charge >= 0.3 is 0 Å². The van der Waals surface area contributed by atoms with Gasteiger partial charge in [-0.3, -0.25) is 4.79 Å². The highest BCUT2D eigenvalue weighted by Crippen LogP contribution is 2.33. The Morgan fingerprint density at radius 3 is 2.68 bits per heavy atom. The molecule has 1 amide bonds. The molecule has 1 aromatic rings. The van der Waals surface area contributed by atoms with Crippen LogP contribution in [0.2, 0.25) is 0 Å². The van der Waals surface area contributed by atoms with Crippen molar-refractivity contribution < 1.29 is 14.3 Å². The van der Waals surface area contributed by atoms with Crippen LogP contribution in [0.5, 0.6) is 11.5 Å². The maximum absolute atomic E-state index is 10.8. The third-order valence-corrected chi connectivity index (χ3v) is 3.16. The molecule has 1 aromatic carbocycles. The first kappa shape index (κ1) is 16.0. The van der Waals surface area contributed by atoms with Gasteiger partial charge in [-0.25, -0.2) is 0 Å². The van der Waals surface area contributed by atoms with Gasteiger partial charge in [0.1, 0.15) is 0 Å². The molecule has 3 N–H and O–H groups in total. The molecule has 0 fully saturated rings. The first-order valence-electron chi connectivity index (χ1n) is 5.95. The molecule has 106 valence electrons. The van der Waals surface area contributed by atoms with Gasteiger partial charge in [0.05, 0.1) is 10.7 Å². The van der Waals surface area contributed by atoms with Crippen LogP contribution in [-0.2, 0) is 11.3 Å². The average Bonchev–Trinajstić information content (AvgIpc) is 2.34. The number of rotatable bonds is 7. The lowest BCUT2D eigenvalue weighted by molar-refractivity contribution is -0.119. The maximum Gasteiger partial charge on any atom is 0.255 e. The molecule has 0 aliphatic heterocycles. The summed E-state index contributed by atoms with van der Waals surface area (Å²) in [6.45, 7) is 4.77. The fourth-order valence-electron chi connectivity index (χ4n) is 1.48. The predicted octanol–water partition coefficient (Wildman–Crippen LogP) is 1.66. The number of nitrogens with two attached hydrogens (primary N) is 1. The number of ether oxygens (including phenoxy) is 2. The van der Waals surface area contributed by atoms with Gasteiger partial charge in [-0.1, -0.05) is 13.8 Å². The summed E-state index contributed by atoms with van der Waals surface area (Å²) < 4.78 is 11.6. The molecule has 0 unspecified atom stereocenters. The fraction of sp³-hybridized carbons (Fsp3) is 0.462. The molecule has 0 spiro atoms. The molecule has 6 heteroatoms. The summed E-state index contributed by atoms with van der Waals surface area (Å²) in [4.78, 5) is 10.8. The molecule has 0 saturated heterocycles. The summed E-state index contributed by atoms with van der Waals surface area (Å²) in [6, 6.07) is 4.30. The van der Waals surface area contributed by atoms with Crippen molar-refractivity contribution in [3.8, 4) is 11.5 Å². The minimum Gasteiger partial charge on any atom is -0.493 e. The van der Waals surface area contributed by atoms with Gasteiger partial charge in [0.15, 0.2) is 18.1 Å². The topological polar surface area (TPSA) is 73.6 Å². The van der Waals surface area contributed by atoms with E-state index >= 15 is 0 Å². The van der Waals surface area contributed by atoms with Gasteiger partial charge in [0, 0.05) is 12.6 Å². The van der Waals surface area contributed by atoms with E-state index in [1.165, 1.54) is 0 Å². The number of halogens is 1. The number of hydrogen-bond acceptors (Lipinski definition) is 4. The molecule has 1 rings (SSSR count). The van der Waals surface area contributed by atoms with Gasteiger partial charge in [-0.2, -0.15) is 0 Å². The summed E-state index contributed by atoms with van der Waals surface area (Å²) >= 11 is 2.15. The number of carbonyl (C=O) groups excluding carboxylic acids is 1. The maximum atomic E-state index is 10.8. The molecule has 19 heavy (non-hydrogen) atoms. The van der Waals surface area contributed by atoms with Crippen LogP contribution >= 0.6 is 22.6 Å². The zero-order valence-corrected chi connectivity index (χ0v) is 13.5. The molecular formula is C13H19IN2O3. The Morgan fingerprint density at radius 2 is 2.16 bits per heavy atom. The third-order valence-electron chi connectivity index (χ3n) is 2.36. The molecular weight excluding hydrogens is 359 g/mol. The van der Waals surface area contributed by atoms with Crippen LogP contribution in [-0.4, -0.2) is 25.7 Å². The highest BCUT2D eigenvalue weighted by atomic mass is 127. The Labute approximate surface area is 127 Å². The van der Waals surface area contributed by atoms with E-state index in [9.17, 15) is 4.79 Å². The first-order valence-corrected chi connectivity index (χ1v) is 7.02. The van der Waals surface area contributed by atoms with Crippen LogP contribution in [0, 0.1) is 3.57 Å². The minimum absolute atomic E-state index is 0.157. The Kier molecular flexibility index (Phi) is 6.36. The van der Waals surface area contributed by atoms with E-state index in [0.717, 1.165) is 15.7 Å². The lowest BCUT2D eigenvalue weighted by atomic mass is 10.2. The lowest BCUT2D eigenvalue weighted by Crippen LogP contribution is -2.22. The van der Waals surface area contributed by atoms with Crippen LogP contribution in [0.1, 0.15) is 19.4 Å². The lowest BCUT2D eigenvalue weighted by Gasteiger charge is -2.14. The molecule has 0 atom stereocenters. The number of primary amides is 1. The van der Waals surface area contributed by atoms with Gasteiger partial charge in [-0.15, -0.1) is 0 Å². The van der Waals surface area contributed by atoms with Gasteiger partial charge in [-0.05, 0) is 40.3 Å². The van der Waals surface area contributed by atoms with E-state index in [-0.39, 0.29) is 6.61 Å². The zero-order chi connectivity index (χ0) is 14.4. The van der Waals surface area contributed by atoms with Crippen LogP contribution in [0.15, 0.2) is 12.1 Å². The standard InChI is InChI=1S/C13H19IN2O3/c1-8(2)16-6-9-4-10(14)13(11(5-9)18-3)19-7-12(15)17/h4-5,8,16H,6-7H2,1-3H3,(H2,15,17). The Hall–Kier alpha value is -1.02. The number of nitrogens with one attached hydrogen (secondary N) is 1. The van der Waals surface area contributed by atoms with Crippen molar-refractivity contribution in [1.82, 2.24) is 5.32 Å². The minimum atomic E-state index is -0.511. The second-order valence-electron chi connectivity index (χ2n) is 4.40. The van der Waals surface area contributed by atoms with Crippen molar-refractivity contribution in [2.24, 2.45) is 5.73 Å². The van der Waals surface area contributed by atoms with Crippen molar-refractivity contribution in [2.75, 3.05) is 13.7 Å². The van der Waals surface area contributed by atoms with Crippen LogP contribution in [0.3, 0.4) is 0 Å². The second-order valence-corrected chi connectivity index (χ2v) is 5.56. The van der Waals surface area contributed by atoms with Gasteiger partial charge < -0.3 is 20.5 Å². The van der Waals surface area contributed by atoms with E-state index in [1.807, 2.05) is 12.1 Å². The van der Waals surface area contributed by atoms with Crippen molar-refractivity contribution >= 4 is 28.5 Å². The third kappa shape index (κ3) is 5.23. The number of benzene rings is 1. The van der Waals surface area contributed by atoms with Crippen molar-refractivity contribution in [2.45, 2.75) is 26.4 Å². The van der Waals surface area contributed by atoms with E-state index in [0.29, 0.717) is 17.5 Å². The van der Waals surface area contributed by atoms with Crippen LogP contribution < -0.4 is 20.5 Å². The first-order chi connectivity index (χ1) is 8.93. The number of hydrogen-bond donors (Lipinski definition) is 2. The van der Waals surface area contributed by atoms with Gasteiger partial charge in [0.2, 0.25) is 0 Å². The Morgan fingerprint density at radius 1 is 1.47 bits per heavy atom. The monoisotopic (exact) mass is 378 g/mol. The number of carbonyl (C=O) groups is 1. The molecule has 0 aliphatic rings. The molecule has 0 aliphatic carbocycles. The van der Waals surface area contributed by atoms with Gasteiger partial charge in [0.25, 0.3) is 5.91 Å². The summed E-state index contributed by atoms with van der Waals surface area (Å²) in [5.41, 5.74) is 6.17. The van der Waals surface area contributed by atoms with Crippen molar-refractivity contribution in [3.05, 3.63) is 21.3 Å². The Bertz CT molecular complexity index is 450. The molecule has 0 radical (unpaired) electrons. The highest BCUT2D eigenvalue weighted by molar-refractivity contribution is 14.1. The largest absolute Gasteiger partial charge is 0.493 e. The summed E-state index contributed by atoms with van der Waals surface area (Å²) in [5, 5.41) is 3.34. The SMILES string of the molecule is COc1cc(CNC(C)C)cc(I)c1OCC(N)=O. The highest BCUT2D eigenvalue weighted by Gasteiger charge is 2.12. The van der Waals surface area contributed by atoms with E-state index < -0.39 is 5.91 Å². The average molecular weight is 378 g/mol. The molecule has 0 heterocycles. The normalized spacial score (nSPS) is 10.6. The summed E-state index contributed by atoms with van der Waals surface area (Å²) in [7, 11) is 1.57. The van der Waals surface area contributed by atoms with Crippen molar-refractivity contribution in [1.29, 1.82) is 0 Å². The fourth-order valence-corrected chi connectivity index (χ4v) is 2.30. The second kappa shape index (κ2) is 7.54. The van der Waals surface area contributed by atoms with E-state index in [2.05, 4.69) is 41.8 Å². The molecule has 0 saturated carbocycles. The quantitative estimate of drug-likeness (QED) is 0.708. The van der Waals surface area contributed by atoms with E-state index in [1.54, 1.807) is 7.11 Å². The molecule has 5 nitrogen and oxygen atoms in total. The summed E-state index contributed by atoms with van der Waals surface area (Å²) in [6.07, 6.45) is 0. The van der Waals surface area contributed by atoms with Crippen molar-refractivity contribution in [3.63, 3.8) is 0 Å². The molecule has 0 bridgehead atoms. The smallest absolute Gasteiger partial charge is 0.255 e. The number of amides is 1. The van der Waals surface area contributed by atoms with Crippen LogP contribution in [0.4, 0.5) is 0 Å². The predicted molar refractivity (Wildman–Crippen MR) is 82.4 cm³/mol. The Balaban J connectivity index is 2.90. The summed E-state index contributed by atoms with van der Waals surface area (Å²) in [5.74, 6) is 0.646. The van der Waals surface area contributed by atoms with Crippen LogP contribution in [0.25, 0.3) is 0 Å².